The molecule has 0 unspecified atom stereocenters. The second-order valence-electron chi connectivity index (χ2n) is 8.68. The van der Waals surface area contributed by atoms with Crippen molar-refractivity contribution in [2.24, 2.45) is 5.16 Å². The zero-order chi connectivity index (χ0) is 25.3. The van der Waals surface area contributed by atoms with Crippen LogP contribution in [-0.2, 0) is 4.84 Å². The lowest BCUT2D eigenvalue weighted by Gasteiger charge is -2.14. The van der Waals surface area contributed by atoms with Crippen molar-refractivity contribution in [2.75, 3.05) is 26.9 Å². The Kier molecular flexibility index (Phi) is 13.4. The SMILES string of the molecule is C/C=C/COc1cc(C)c(OCCCCCCCCCOc2ccc(/C(C)=N/OC)cn2)c(C)c1. The molecule has 2 aromatic rings. The van der Waals surface area contributed by atoms with Gasteiger partial charge in [0.1, 0.15) is 25.2 Å². The van der Waals surface area contributed by atoms with Crippen LogP contribution in [0.25, 0.3) is 0 Å². The number of unbranched alkanes of at least 4 members (excludes halogenated alkanes) is 6. The number of hydrogen-bond acceptors (Lipinski definition) is 6. The van der Waals surface area contributed by atoms with Gasteiger partial charge >= 0.3 is 0 Å². The first-order chi connectivity index (χ1) is 17.0. The Morgan fingerprint density at radius 1 is 0.886 bits per heavy atom. The molecule has 0 atom stereocenters. The second-order valence-corrected chi connectivity index (χ2v) is 8.68. The number of aromatic nitrogens is 1. The van der Waals surface area contributed by atoms with Crippen molar-refractivity contribution in [1.29, 1.82) is 0 Å². The third-order valence-corrected chi connectivity index (χ3v) is 5.68. The molecule has 35 heavy (non-hydrogen) atoms. The van der Waals surface area contributed by atoms with Gasteiger partial charge in [-0.3, -0.25) is 0 Å². The van der Waals surface area contributed by atoms with E-state index >= 15 is 0 Å². The highest BCUT2D eigenvalue weighted by atomic mass is 16.6. The fourth-order valence-electron chi connectivity index (χ4n) is 3.77. The minimum Gasteiger partial charge on any atom is -0.493 e. The van der Waals surface area contributed by atoms with Crippen LogP contribution >= 0.6 is 0 Å². The van der Waals surface area contributed by atoms with Crippen molar-refractivity contribution in [3.05, 3.63) is 59.3 Å². The molecule has 1 aromatic carbocycles. The van der Waals surface area contributed by atoms with Crippen molar-refractivity contribution in [3.63, 3.8) is 0 Å². The number of oxime groups is 1. The molecule has 6 heteroatoms. The molecule has 2 rings (SSSR count). The van der Waals surface area contributed by atoms with Gasteiger partial charge in [0, 0.05) is 17.8 Å². The van der Waals surface area contributed by atoms with E-state index < -0.39 is 0 Å². The predicted octanol–water partition coefficient (Wildman–Crippen LogP) is 7.21. The molecule has 1 heterocycles. The Hall–Kier alpha value is -3.02. The summed E-state index contributed by atoms with van der Waals surface area (Å²) in [6.45, 7) is 10.1. The summed E-state index contributed by atoms with van der Waals surface area (Å²) in [5.41, 5.74) is 3.98. The summed E-state index contributed by atoms with van der Waals surface area (Å²) >= 11 is 0. The predicted molar refractivity (Wildman–Crippen MR) is 143 cm³/mol. The van der Waals surface area contributed by atoms with E-state index in [1.165, 1.54) is 39.2 Å². The van der Waals surface area contributed by atoms with Crippen molar-refractivity contribution < 1.29 is 19.0 Å². The van der Waals surface area contributed by atoms with Gasteiger partial charge in [-0.1, -0.05) is 49.4 Å². The van der Waals surface area contributed by atoms with Crippen LogP contribution in [0, 0.1) is 13.8 Å². The molecule has 0 spiro atoms. The Morgan fingerprint density at radius 3 is 2.09 bits per heavy atom. The topological polar surface area (TPSA) is 62.2 Å². The first-order valence-electron chi connectivity index (χ1n) is 12.7. The molecule has 192 valence electrons. The summed E-state index contributed by atoms with van der Waals surface area (Å²) < 4.78 is 17.6. The minimum atomic E-state index is 0.596. The second kappa shape index (κ2) is 16.6. The van der Waals surface area contributed by atoms with Crippen LogP contribution < -0.4 is 14.2 Å². The maximum Gasteiger partial charge on any atom is 0.213 e. The van der Waals surface area contributed by atoms with Gasteiger partial charge in [-0.05, 0) is 69.9 Å². The van der Waals surface area contributed by atoms with Gasteiger partial charge in [-0.25, -0.2) is 4.98 Å². The van der Waals surface area contributed by atoms with Crippen LogP contribution in [0.15, 0.2) is 47.8 Å². The van der Waals surface area contributed by atoms with E-state index in [4.69, 9.17) is 19.0 Å². The lowest BCUT2D eigenvalue weighted by molar-refractivity contribution is 0.213. The van der Waals surface area contributed by atoms with Crippen molar-refractivity contribution >= 4 is 5.71 Å². The molecule has 1 aromatic heterocycles. The van der Waals surface area contributed by atoms with Crippen LogP contribution in [0.3, 0.4) is 0 Å². The van der Waals surface area contributed by atoms with Gasteiger partial charge in [0.25, 0.3) is 0 Å². The quantitative estimate of drug-likeness (QED) is 0.103. The highest BCUT2D eigenvalue weighted by Crippen LogP contribution is 2.28. The molecule has 0 fully saturated rings. The maximum absolute atomic E-state index is 6.08. The first kappa shape index (κ1) is 28.2. The number of ether oxygens (including phenoxy) is 3. The lowest BCUT2D eigenvalue weighted by Crippen LogP contribution is -2.02. The molecular formula is C29H42N2O4. The van der Waals surface area contributed by atoms with Crippen LogP contribution in [0.1, 0.15) is 75.5 Å². The summed E-state index contributed by atoms with van der Waals surface area (Å²) in [6.07, 6.45) is 14.0. The summed E-state index contributed by atoms with van der Waals surface area (Å²) in [6, 6.07) is 7.93. The number of allylic oxidation sites excluding steroid dienone is 1. The number of aryl methyl sites for hydroxylation is 2. The van der Waals surface area contributed by atoms with E-state index in [1.807, 2.05) is 38.1 Å². The highest BCUT2D eigenvalue weighted by Gasteiger charge is 2.07. The zero-order valence-corrected chi connectivity index (χ0v) is 22.1. The number of nitrogens with zero attached hydrogens (tertiary/aromatic N) is 2. The summed E-state index contributed by atoms with van der Waals surface area (Å²) in [7, 11) is 1.54. The van der Waals surface area contributed by atoms with Gasteiger partial charge in [0.05, 0.1) is 18.9 Å². The molecule has 0 aliphatic rings. The first-order valence-corrected chi connectivity index (χ1v) is 12.7. The van der Waals surface area contributed by atoms with Crippen LogP contribution in [0.4, 0.5) is 0 Å². The molecule has 6 nitrogen and oxygen atoms in total. The average Bonchev–Trinajstić information content (AvgIpc) is 2.84. The Labute approximate surface area is 211 Å². The van der Waals surface area contributed by atoms with Crippen molar-refractivity contribution in [1.82, 2.24) is 4.98 Å². The average molecular weight is 483 g/mol. The van der Waals surface area contributed by atoms with Gasteiger partial charge in [0.2, 0.25) is 5.88 Å². The van der Waals surface area contributed by atoms with E-state index in [0.29, 0.717) is 19.1 Å². The minimum absolute atomic E-state index is 0.596. The number of rotatable bonds is 17. The van der Waals surface area contributed by atoms with Crippen molar-refractivity contribution in [2.45, 2.75) is 72.6 Å². The van der Waals surface area contributed by atoms with Crippen molar-refractivity contribution in [3.8, 4) is 17.4 Å². The molecule has 0 N–H and O–H groups in total. The molecule has 0 aliphatic carbocycles. The molecule has 0 saturated carbocycles. The van der Waals surface area contributed by atoms with E-state index in [-0.39, 0.29) is 0 Å². The van der Waals surface area contributed by atoms with E-state index in [1.54, 1.807) is 6.20 Å². The van der Waals surface area contributed by atoms with E-state index in [2.05, 4.69) is 36.1 Å². The molecule has 0 radical (unpaired) electrons. The molecule has 0 aliphatic heterocycles. The molecule has 0 saturated heterocycles. The van der Waals surface area contributed by atoms with Crippen LogP contribution in [-0.4, -0.2) is 37.6 Å². The molecular weight excluding hydrogens is 440 g/mol. The van der Waals surface area contributed by atoms with E-state index in [9.17, 15) is 0 Å². The fourth-order valence-corrected chi connectivity index (χ4v) is 3.77. The normalized spacial score (nSPS) is 11.6. The number of benzene rings is 1. The zero-order valence-electron chi connectivity index (χ0n) is 22.1. The monoisotopic (exact) mass is 482 g/mol. The van der Waals surface area contributed by atoms with Gasteiger partial charge in [0.15, 0.2) is 0 Å². The standard InChI is InChI=1S/C29H42N2O4/c1-6-7-17-33-27-20-23(2)29(24(3)21-27)35-19-14-12-10-8-9-11-13-18-34-28-16-15-26(22-30-28)25(4)31-32-5/h6-7,15-16,20-22H,8-14,17-19H2,1-5H3/b7-6+,31-25+. The van der Waals surface area contributed by atoms with Crippen LogP contribution in [0.5, 0.6) is 17.4 Å². The lowest BCUT2D eigenvalue weighted by atomic mass is 10.1. The number of pyridine rings is 1. The van der Waals surface area contributed by atoms with Gasteiger partial charge in [-0.15, -0.1) is 0 Å². The Bertz CT molecular complexity index is 900. The largest absolute Gasteiger partial charge is 0.493 e. The summed E-state index contributed by atoms with van der Waals surface area (Å²) in [5.74, 6) is 2.54. The third-order valence-electron chi connectivity index (χ3n) is 5.68. The highest BCUT2D eigenvalue weighted by molar-refractivity contribution is 5.98. The summed E-state index contributed by atoms with van der Waals surface area (Å²) in [5, 5.41) is 3.91. The molecule has 0 bridgehead atoms. The van der Waals surface area contributed by atoms with Gasteiger partial charge in [-0.2, -0.15) is 0 Å². The number of hydrogen-bond donors (Lipinski definition) is 0. The Balaban J connectivity index is 1.51. The van der Waals surface area contributed by atoms with Crippen LogP contribution in [0.2, 0.25) is 0 Å². The van der Waals surface area contributed by atoms with E-state index in [0.717, 1.165) is 53.3 Å². The smallest absolute Gasteiger partial charge is 0.213 e. The fraction of sp³-hybridized carbons (Fsp3) is 0.517. The Morgan fingerprint density at radius 2 is 1.51 bits per heavy atom. The maximum atomic E-state index is 6.08. The molecule has 0 amide bonds. The van der Waals surface area contributed by atoms with Gasteiger partial charge < -0.3 is 19.0 Å². The summed E-state index contributed by atoms with van der Waals surface area (Å²) in [4.78, 5) is 9.12. The third kappa shape index (κ3) is 10.8.